The molecule has 9 heteroatoms. The van der Waals surface area contributed by atoms with Gasteiger partial charge in [-0.1, -0.05) is 0 Å². The summed E-state index contributed by atoms with van der Waals surface area (Å²) in [4.78, 5) is 15.9. The second-order valence-corrected chi connectivity index (χ2v) is 5.35. The number of ether oxygens (including phenoxy) is 1. The number of hydrogen-bond acceptors (Lipinski definition) is 4. The van der Waals surface area contributed by atoms with Gasteiger partial charge >= 0.3 is 6.18 Å². The van der Waals surface area contributed by atoms with Gasteiger partial charge in [0, 0.05) is 18.0 Å². The van der Waals surface area contributed by atoms with E-state index < -0.39 is 12.8 Å². The number of carbonyl (C=O) groups is 1. The van der Waals surface area contributed by atoms with Crippen molar-refractivity contribution in [2.75, 3.05) is 18.5 Å². The van der Waals surface area contributed by atoms with Crippen LogP contribution in [-0.4, -0.2) is 36.3 Å². The summed E-state index contributed by atoms with van der Waals surface area (Å²) in [6.45, 7) is 1.42. The van der Waals surface area contributed by atoms with Gasteiger partial charge in [-0.2, -0.15) is 13.2 Å². The van der Waals surface area contributed by atoms with Crippen LogP contribution in [0, 0.1) is 5.92 Å². The summed E-state index contributed by atoms with van der Waals surface area (Å²) >= 11 is 0. The Kier molecular flexibility index (Phi) is 7.08. The maximum atomic E-state index is 12.1. The third-order valence-electron chi connectivity index (χ3n) is 3.38. The van der Waals surface area contributed by atoms with Crippen LogP contribution in [0.1, 0.15) is 19.8 Å². The SMILES string of the molecule is C[C@H]1C[C@@H](C(=O)Nc2ccc(OCC(F)(F)F)nc2)CCN1.Cl. The molecule has 2 rings (SSSR count). The average molecular weight is 354 g/mol. The number of carbonyl (C=O) groups excluding carboxylic acids is 1. The second-order valence-electron chi connectivity index (χ2n) is 5.35. The van der Waals surface area contributed by atoms with Gasteiger partial charge in [-0.05, 0) is 32.4 Å². The Bertz CT molecular complexity index is 511. The molecule has 130 valence electrons. The molecule has 0 spiro atoms. The molecular weight excluding hydrogens is 335 g/mol. The summed E-state index contributed by atoms with van der Waals surface area (Å²) in [6.07, 6.45) is -1.60. The lowest BCUT2D eigenvalue weighted by Crippen LogP contribution is -2.40. The number of nitrogens with one attached hydrogen (secondary N) is 2. The Morgan fingerprint density at radius 3 is 2.78 bits per heavy atom. The number of pyridine rings is 1. The largest absolute Gasteiger partial charge is 0.468 e. The smallest absolute Gasteiger partial charge is 0.422 e. The van der Waals surface area contributed by atoms with E-state index in [4.69, 9.17) is 0 Å². The van der Waals surface area contributed by atoms with Crippen LogP contribution in [0.5, 0.6) is 5.88 Å². The highest BCUT2D eigenvalue weighted by molar-refractivity contribution is 5.92. The van der Waals surface area contributed by atoms with Crippen molar-refractivity contribution in [1.29, 1.82) is 0 Å². The van der Waals surface area contributed by atoms with Crippen molar-refractivity contribution in [1.82, 2.24) is 10.3 Å². The van der Waals surface area contributed by atoms with Gasteiger partial charge < -0.3 is 15.4 Å². The molecule has 0 aliphatic carbocycles. The molecule has 2 atom stereocenters. The number of rotatable bonds is 4. The van der Waals surface area contributed by atoms with Crippen LogP contribution in [0.15, 0.2) is 18.3 Å². The number of piperidine rings is 1. The lowest BCUT2D eigenvalue weighted by molar-refractivity contribution is -0.154. The number of hydrogen-bond donors (Lipinski definition) is 2. The fourth-order valence-corrected chi connectivity index (χ4v) is 2.31. The molecule has 0 saturated carbocycles. The monoisotopic (exact) mass is 353 g/mol. The van der Waals surface area contributed by atoms with Crippen molar-refractivity contribution in [2.24, 2.45) is 5.92 Å². The molecule has 2 N–H and O–H groups in total. The first kappa shape index (κ1) is 19.5. The van der Waals surface area contributed by atoms with E-state index in [2.05, 4.69) is 20.4 Å². The summed E-state index contributed by atoms with van der Waals surface area (Å²) in [7, 11) is 0. The summed E-state index contributed by atoms with van der Waals surface area (Å²) in [6, 6.07) is 3.06. The van der Waals surface area contributed by atoms with Crippen LogP contribution < -0.4 is 15.4 Å². The molecule has 1 aromatic rings. The van der Waals surface area contributed by atoms with E-state index in [0.29, 0.717) is 11.7 Å². The van der Waals surface area contributed by atoms with Gasteiger partial charge in [0.1, 0.15) is 0 Å². The summed E-state index contributed by atoms with van der Waals surface area (Å²) in [5, 5.41) is 5.99. The zero-order valence-electron chi connectivity index (χ0n) is 12.5. The maximum Gasteiger partial charge on any atom is 0.422 e. The molecule has 1 fully saturated rings. The van der Waals surface area contributed by atoms with E-state index in [-0.39, 0.29) is 30.1 Å². The lowest BCUT2D eigenvalue weighted by Gasteiger charge is -2.27. The lowest BCUT2D eigenvalue weighted by atomic mass is 9.92. The number of halogens is 4. The Labute approximate surface area is 138 Å². The molecule has 2 heterocycles. The number of alkyl halides is 3. The van der Waals surface area contributed by atoms with E-state index in [0.717, 1.165) is 19.4 Å². The predicted molar refractivity (Wildman–Crippen MR) is 81.9 cm³/mol. The van der Waals surface area contributed by atoms with Gasteiger partial charge in [-0.25, -0.2) is 4.98 Å². The minimum absolute atomic E-state index is 0. The van der Waals surface area contributed by atoms with Gasteiger partial charge in [-0.3, -0.25) is 4.79 Å². The summed E-state index contributed by atoms with van der Waals surface area (Å²) in [5.41, 5.74) is 0.440. The molecule has 0 unspecified atom stereocenters. The number of anilines is 1. The van der Waals surface area contributed by atoms with Gasteiger partial charge in [0.25, 0.3) is 0 Å². The van der Waals surface area contributed by atoms with Crippen LogP contribution in [0.2, 0.25) is 0 Å². The number of amides is 1. The molecule has 1 saturated heterocycles. The zero-order valence-corrected chi connectivity index (χ0v) is 13.3. The first-order chi connectivity index (χ1) is 10.3. The van der Waals surface area contributed by atoms with Crippen LogP contribution in [0.25, 0.3) is 0 Å². The quantitative estimate of drug-likeness (QED) is 0.873. The predicted octanol–water partition coefficient (Wildman–Crippen LogP) is 2.77. The first-order valence-corrected chi connectivity index (χ1v) is 7.03. The third kappa shape index (κ3) is 6.62. The fourth-order valence-electron chi connectivity index (χ4n) is 2.31. The number of nitrogens with zero attached hydrogens (tertiary/aromatic N) is 1. The summed E-state index contributed by atoms with van der Waals surface area (Å²) in [5.74, 6) is -0.303. The Morgan fingerprint density at radius 1 is 1.48 bits per heavy atom. The van der Waals surface area contributed by atoms with Crippen LogP contribution >= 0.6 is 12.4 Å². The van der Waals surface area contributed by atoms with Crippen molar-refractivity contribution in [2.45, 2.75) is 32.0 Å². The molecule has 1 amide bonds. The van der Waals surface area contributed by atoms with E-state index in [9.17, 15) is 18.0 Å². The average Bonchev–Trinajstić information content (AvgIpc) is 2.46. The standard InChI is InChI=1S/C14H18F3N3O2.ClH/c1-9-6-10(4-5-18-9)13(21)20-11-2-3-12(19-7-11)22-8-14(15,16)17;/h2-3,7,9-10,18H,4-6,8H2,1H3,(H,20,21);1H/t9-,10-;/m0./s1. The molecule has 0 bridgehead atoms. The van der Waals surface area contributed by atoms with Crippen LogP contribution in [-0.2, 0) is 4.79 Å². The molecule has 23 heavy (non-hydrogen) atoms. The van der Waals surface area contributed by atoms with E-state index >= 15 is 0 Å². The zero-order chi connectivity index (χ0) is 16.2. The topological polar surface area (TPSA) is 63.2 Å². The van der Waals surface area contributed by atoms with E-state index in [1.54, 1.807) is 0 Å². The minimum Gasteiger partial charge on any atom is -0.468 e. The Hall–Kier alpha value is -1.54. The first-order valence-electron chi connectivity index (χ1n) is 7.03. The van der Waals surface area contributed by atoms with Crippen molar-refractivity contribution >= 4 is 24.0 Å². The highest BCUT2D eigenvalue weighted by Gasteiger charge is 2.28. The Balaban J connectivity index is 0.00000264. The number of aromatic nitrogens is 1. The molecular formula is C14H19ClF3N3O2. The van der Waals surface area contributed by atoms with Crippen molar-refractivity contribution < 1.29 is 22.7 Å². The van der Waals surface area contributed by atoms with E-state index in [1.165, 1.54) is 18.3 Å². The molecule has 5 nitrogen and oxygen atoms in total. The molecule has 1 aliphatic rings. The fraction of sp³-hybridized carbons (Fsp3) is 0.571. The highest BCUT2D eigenvalue weighted by atomic mass is 35.5. The molecule has 0 radical (unpaired) electrons. The molecule has 1 aromatic heterocycles. The van der Waals surface area contributed by atoms with E-state index in [1.807, 2.05) is 6.92 Å². The normalized spacial score (nSPS) is 21.2. The minimum atomic E-state index is -4.40. The van der Waals surface area contributed by atoms with Gasteiger partial charge in [0.15, 0.2) is 6.61 Å². The third-order valence-corrected chi connectivity index (χ3v) is 3.38. The molecule has 1 aliphatic heterocycles. The van der Waals surface area contributed by atoms with Crippen molar-refractivity contribution in [3.05, 3.63) is 18.3 Å². The van der Waals surface area contributed by atoms with Crippen LogP contribution in [0.4, 0.5) is 18.9 Å². The highest BCUT2D eigenvalue weighted by Crippen LogP contribution is 2.20. The summed E-state index contributed by atoms with van der Waals surface area (Å²) < 4.78 is 40.5. The van der Waals surface area contributed by atoms with Gasteiger partial charge in [-0.15, -0.1) is 12.4 Å². The molecule has 0 aromatic carbocycles. The van der Waals surface area contributed by atoms with Crippen molar-refractivity contribution in [3.8, 4) is 5.88 Å². The van der Waals surface area contributed by atoms with Crippen LogP contribution in [0.3, 0.4) is 0 Å². The van der Waals surface area contributed by atoms with Gasteiger partial charge in [0.05, 0.1) is 11.9 Å². The second kappa shape index (κ2) is 8.35. The maximum absolute atomic E-state index is 12.1. The van der Waals surface area contributed by atoms with Crippen molar-refractivity contribution in [3.63, 3.8) is 0 Å². The Morgan fingerprint density at radius 2 is 2.22 bits per heavy atom. The van der Waals surface area contributed by atoms with Gasteiger partial charge in [0.2, 0.25) is 11.8 Å².